The Morgan fingerprint density at radius 2 is 1.88 bits per heavy atom. The molecule has 1 rings (SSSR count). The number of nitrogens with one attached hydrogen (secondary N) is 1. The van der Waals surface area contributed by atoms with Crippen LogP contribution in [0.3, 0.4) is 0 Å². The molecule has 1 unspecified atom stereocenters. The van der Waals surface area contributed by atoms with Gasteiger partial charge < -0.3 is 15.3 Å². The maximum absolute atomic E-state index is 9.87. The van der Waals surface area contributed by atoms with Gasteiger partial charge in [-0.2, -0.15) is 0 Å². The van der Waals surface area contributed by atoms with Crippen LogP contribution in [0.15, 0.2) is 0 Å². The molecule has 1 aliphatic rings. The maximum atomic E-state index is 9.87. The molecule has 96 valence electrons. The largest absolute Gasteiger partial charge is 0.392 e. The maximum Gasteiger partial charge on any atom is 0.0679 e. The van der Waals surface area contributed by atoms with Gasteiger partial charge in [-0.1, -0.05) is 25.7 Å². The second-order valence-electron chi connectivity index (χ2n) is 5.13. The van der Waals surface area contributed by atoms with E-state index in [1.807, 2.05) is 7.05 Å². The summed E-state index contributed by atoms with van der Waals surface area (Å²) in [5.41, 5.74) is 0. The Bertz CT molecular complexity index is 167. The fraction of sp³-hybridized carbons (Fsp3) is 1.00. The monoisotopic (exact) mass is 228 g/mol. The minimum atomic E-state index is -0.180. The fourth-order valence-corrected chi connectivity index (χ4v) is 2.58. The number of hydrogen-bond acceptors (Lipinski definition) is 3. The van der Waals surface area contributed by atoms with Gasteiger partial charge in [0.25, 0.3) is 0 Å². The van der Waals surface area contributed by atoms with Crippen LogP contribution in [0.2, 0.25) is 0 Å². The van der Waals surface area contributed by atoms with Crippen molar-refractivity contribution < 1.29 is 5.11 Å². The number of hydrogen-bond donors (Lipinski definition) is 2. The molecule has 0 amide bonds. The molecule has 3 nitrogen and oxygen atoms in total. The Kier molecular flexibility index (Phi) is 7.01. The van der Waals surface area contributed by atoms with E-state index in [9.17, 15) is 5.11 Å². The molecule has 3 heteroatoms. The molecule has 0 aromatic carbocycles. The summed E-state index contributed by atoms with van der Waals surface area (Å²) in [6.07, 6.45) is 8.82. The molecular formula is C13H28N2O. The van der Waals surface area contributed by atoms with Crippen molar-refractivity contribution in [1.82, 2.24) is 10.2 Å². The van der Waals surface area contributed by atoms with E-state index in [1.165, 1.54) is 38.5 Å². The summed E-state index contributed by atoms with van der Waals surface area (Å²) in [4.78, 5) is 2.37. The summed E-state index contributed by atoms with van der Waals surface area (Å²) >= 11 is 0. The van der Waals surface area contributed by atoms with E-state index < -0.39 is 0 Å². The Balaban J connectivity index is 2.23. The summed E-state index contributed by atoms with van der Waals surface area (Å²) < 4.78 is 0. The van der Waals surface area contributed by atoms with Crippen molar-refractivity contribution >= 4 is 0 Å². The predicted molar refractivity (Wildman–Crippen MR) is 68.7 cm³/mol. The van der Waals surface area contributed by atoms with E-state index in [0.29, 0.717) is 6.04 Å². The van der Waals surface area contributed by atoms with Crippen molar-refractivity contribution in [1.29, 1.82) is 0 Å². The first-order valence-corrected chi connectivity index (χ1v) is 6.77. The lowest BCUT2D eigenvalue weighted by atomic mass is 10.1. The zero-order valence-electron chi connectivity index (χ0n) is 10.9. The van der Waals surface area contributed by atoms with Gasteiger partial charge in [0.2, 0.25) is 0 Å². The zero-order chi connectivity index (χ0) is 11.8. The number of nitrogens with zero attached hydrogens (tertiary/aromatic N) is 1. The third-order valence-electron chi connectivity index (χ3n) is 3.67. The van der Waals surface area contributed by atoms with E-state index in [2.05, 4.69) is 17.3 Å². The Morgan fingerprint density at radius 1 is 1.25 bits per heavy atom. The van der Waals surface area contributed by atoms with Crippen LogP contribution in [0.4, 0.5) is 0 Å². The second-order valence-corrected chi connectivity index (χ2v) is 5.13. The van der Waals surface area contributed by atoms with Crippen molar-refractivity contribution in [3.8, 4) is 0 Å². The summed E-state index contributed by atoms with van der Waals surface area (Å²) in [5.74, 6) is 0. The molecular weight excluding hydrogens is 200 g/mol. The van der Waals surface area contributed by atoms with Crippen LogP contribution in [0.5, 0.6) is 0 Å². The number of aliphatic hydroxyl groups excluding tert-OH is 1. The van der Waals surface area contributed by atoms with Gasteiger partial charge in [-0.3, -0.25) is 0 Å². The summed E-state index contributed by atoms with van der Waals surface area (Å²) in [5, 5.41) is 13.0. The Labute approximate surface area is 100 Å². The van der Waals surface area contributed by atoms with Crippen LogP contribution in [-0.4, -0.2) is 49.3 Å². The normalized spacial score (nSPS) is 21.0. The van der Waals surface area contributed by atoms with E-state index in [4.69, 9.17) is 0 Å². The van der Waals surface area contributed by atoms with Crippen molar-refractivity contribution in [2.24, 2.45) is 0 Å². The third kappa shape index (κ3) is 5.28. The molecule has 2 N–H and O–H groups in total. The van der Waals surface area contributed by atoms with Crippen molar-refractivity contribution in [2.45, 2.75) is 57.1 Å². The molecule has 0 spiro atoms. The van der Waals surface area contributed by atoms with Crippen molar-refractivity contribution in [3.63, 3.8) is 0 Å². The molecule has 1 atom stereocenters. The lowest BCUT2D eigenvalue weighted by molar-refractivity contribution is 0.0930. The van der Waals surface area contributed by atoms with Gasteiger partial charge in [0.1, 0.15) is 0 Å². The van der Waals surface area contributed by atoms with Gasteiger partial charge in [-0.15, -0.1) is 0 Å². The molecule has 0 bridgehead atoms. The number of rotatable bonds is 6. The smallest absolute Gasteiger partial charge is 0.0679 e. The summed E-state index contributed by atoms with van der Waals surface area (Å²) in [7, 11) is 4.10. The molecule has 1 saturated carbocycles. The molecule has 0 radical (unpaired) electrons. The first-order valence-electron chi connectivity index (χ1n) is 6.77. The number of likely N-dealkylation sites (N-methyl/N-ethyl adjacent to an activating group) is 1. The van der Waals surface area contributed by atoms with Crippen LogP contribution in [0.25, 0.3) is 0 Å². The van der Waals surface area contributed by atoms with Gasteiger partial charge in [0.05, 0.1) is 6.10 Å². The Morgan fingerprint density at radius 3 is 2.44 bits per heavy atom. The highest BCUT2D eigenvalue weighted by Crippen LogP contribution is 2.21. The summed E-state index contributed by atoms with van der Waals surface area (Å²) in [6, 6.07) is 0.701. The lowest BCUT2D eigenvalue weighted by Gasteiger charge is -2.29. The average molecular weight is 228 g/mol. The number of aliphatic hydroxyl groups is 1. The zero-order valence-corrected chi connectivity index (χ0v) is 10.9. The molecule has 1 fully saturated rings. The third-order valence-corrected chi connectivity index (χ3v) is 3.67. The van der Waals surface area contributed by atoms with Gasteiger partial charge in [-0.05, 0) is 39.9 Å². The van der Waals surface area contributed by atoms with Crippen molar-refractivity contribution in [2.75, 3.05) is 27.2 Å². The van der Waals surface area contributed by atoms with E-state index in [0.717, 1.165) is 19.5 Å². The average Bonchev–Trinajstić information content (AvgIpc) is 2.54. The van der Waals surface area contributed by atoms with Crippen molar-refractivity contribution in [3.05, 3.63) is 0 Å². The van der Waals surface area contributed by atoms with Crippen LogP contribution in [0, 0.1) is 0 Å². The summed E-state index contributed by atoms with van der Waals surface area (Å²) in [6.45, 7) is 1.73. The molecule has 0 saturated heterocycles. The highest BCUT2D eigenvalue weighted by atomic mass is 16.3. The van der Waals surface area contributed by atoms with E-state index >= 15 is 0 Å². The van der Waals surface area contributed by atoms with Crippen LogP contribution in [0.1, 0.15) is 44.9 Å². The highest BCUT2D eigenvalue weighted by Gasteiger charge is 2.18. The van der Waals surface area contributed by atoms with Gasteiger partial charge in [-0.25, -0.2) is 0 Å². The van der Waals surface area contributed by atoms with Crippen LogP contribution in [-0.2, 0) is 0 Å². The van der Waals surface area contributed by atoms with Crippen LogP contribution < -0.4 is 5.32 Å². The SMILES string of the molecule is CNCCC(O)CN(C)C1CCCCCC1. The molecule has 0 aromatic heterocycles. The van der Waals surface area contributed by atoms with E-state index in [1.54, 1.807) is 0 Å². The Hall–Kier alpha value is -0.120. The van der Waals surface area contributed by atoms with Gasteiger partial charge in [0.15, 0.2) is 0 Å². The first-order chi connectivity index (χ1) is 7.74. The second kappa shape index (κ2) is 8.04. The van der Waals surface area contributed by atoms with Gasteiger partial charge in [0, 0.05) is 12.6 Å². The molecule has 0 aromatic rings. The standard InChI is InChI=1S/C13H28N2O/c1-14-10-9-13(16)11-15(2)12-7-5-3-4-6-8-12/h12-14,16H,3-11H2,1-2H3. The predicted octanol–water partition coefficient (Wildman–Crippen LogP) is 1.61. The molecule has 1 aliphatic carbocycles. The molecule has 0 aliphatic heterocycles. The molecule has 16 heavy (non-hydrogen) atoms. The topological polar surface area (TPSA) is 35.5 Å². The first kappa shape index (κ1) is 13.9. The minimum absolute atomic E-state index is 0.180. The highest BCUT2D eigenvalue weighted by molar-refractivity contribution is 4.74. The quantitative estimate of drug-likeness (QED) is 0.678. The van der Waals surface area contributed by atoms with Gasteiger partial charge >= 0.3 is 0 Å². The van der Waals surface area contributed by atoms with E-state index in [-0.39, 0.29) is 6.10 Å². The lowest BCUT2D eigenvalue weighted by Crippen LogP contribution is -2.38. The molecule has 0 heterocycles. The van der Waals surface area contributed by atoms with Crippen LogP contribution >= 0.6 is 0 Å². The minimum Gasteiger partial charge on any atom is -0.392 e. The fourth-order valence-electron chi connectivity index (χ4n) is 2.58.